The van der Waals surface area contributed by atoms with Crippen LogP contribution in [-0.4, -0.2) is 70.5 Å². The number of aromatic nitrogens is 2. The molecular formula is C18H27N5O3. The third-order valence-electron chi connectivity index (χ3n) is 5.95. The first kappa shape index (κ1) is 17.2. The van der Waals surface area contributed by atoms with E-state index in [4.69, 9.17) is 4.74 Å². The summed E-state index contributed by atoms with van der Waals surface area (Å²) in [4.78, 5) is 27.9. The van der Waals surface area contributed by atoms with E-state index in [1.165, 1.54) is 0 Å². The number of amides is 3. The molecule has 4 rings (SSSR count). The minimum Gasteiger partial charge on any atom is -0.441 e. The average Bonchev–Trinajstić information content (AvgIpc) is 3.14. The lowest BCUT2D eigenvalue weighted by molar-refractivity contribution is 0.0453. The van der Waals surface area contributed by atoms with E-state index in [0.29, 0.717) is 32.6 Å². The van der Waals surface area contributed by atoms with Crippen molar-refractivity contribution in [1.29, 1.82) is 0 Å². The number of rotatable bonds is 4. The van der Waals surface area contributed by atoms with Crippen LogP contribution in [0.1, 0.15) is 32.1 Å². The summed E-state index contributed by atoms with van der Waals surface area (Å²) in [5.74, 6) is 0. The van der Waals surface area contributed by atoms with Gasteiger partial charge in [-0.15, -0.1) is 0 Å². The van der Waals surface area contributed by atoms with Gasteiger partial charge in [0.25, 0.3) is 0 Å². The highest BCUT2D eigenvalue weighted by molar-refractivity contribution is 5.74. The zero-order valence-electron chi connectivity index (χ0n) is 15.3. The lowest BCUT2D eigenvalue weighted by Gasteiger charge is -2.26. The maximum absolute atomic E-state index is 12.6. The Balaban J connectivity index is 1.28. The van der Waals surface area contributed by atoms with Crippen molar-refractivity contribution in [3.05, 3.63) is 18.5 Å². The number of carbonyl (C=O) groups excluding carboxylic acids is 2. The van der Waals surface area contributed by atoms with Crippen LogP contribution in [0, 0.1) is 5.41 Å². The fourth-order valence-electron chi connectivity index (χ4n) is 4.10. The van der Waals surface area contributed by atoms with Gasteiger partial charge in [-0.05, 0) is 31.7 Å². The van der Waals surface area contributed by atoms with Crippen LogP contribution >= 0.6 is 0 Å². The van der Waals surface area contributed by atoms with Gasteiger partial charge in [0.1, 0.15) is 5.60 Å². The van der Waals surface area contributed by atoms with Gasteiger partial charge in [0, 0.05) is 57.5 Å². The molecule has 2 saturated heterocycles. The Hall–Kier alpha value is -2.25. The quantitative estimate of drug-likeness (QED) is 0.885. The Kier molecular flexibility index (Phi) is 4.28. The molecule has 0 bridgehead atoms. The van der Waals surface area contributed by atoms with Gasteiger partial charge in [-0.1, -0.05) is 0 Å². The maximum atomic E-state index is 12.6. The molecule has 2 aliphatic heterocycles. The number of hydrogen-bond donors (Lipinski definition) is 1. The summed E-state index contributed by atoms with van der Waals surface area (Å²) < 4.78 is 7.56. The highest BCUT2D eigenvalue weighted by Gasteiger charge is 2.46. The van der Waals surface area contributed by atoms with E-state index in [1.54, 1.807) is 18.1 Å². The van der Waals surface area contributed by atoms with Crippen LogP contribution in [0.3, 0.4) is 0 Å². The normalized spacial score (nSPS) is 27.3. The summed E-state index contributed by atoms with van der Waals surface area (Å²) in [5, 5.41) is 7.39. The first-order valence-corrected chi connectivity index (χ1v) is 9.44. The molecule has 3 amide bonds. The number of ether oxygens (including phenoxy) is 1. The summed E-state index contributed by atoms with van der Waals surface area (Å²) in [6, 6.07) is 1.92. The van der Waals surface area contributed by atoms with Gasteiger partial charge >= 0.3 is 12.1 Å². The highest BCUT2D eigenvalue weighted by atomic mass is 16.6. The molecule has 1 aromatic heterocycles. The topological polar surface area (TPSA) is 79.7 Å². The summed E-state index contributed by atoms with van der Waals surface area (Å²) >= 11 is 0. The average molecular weight is 361 g/mol. The van der Waals surface area contributed by atoms with Crippen molar-refractivity contribution in [1.82, 2.24) is 24.9 Å². The van der Waals surface area contributed by atoms with Crippen molar-refractivity contribution in [2.24, 2.45) is 5.41 Å². The molecule has 1 saturated carbocycles. The third-order valence-corrected chi connectivity index (χ3v) is 5.95. The molecule has 8 nitrogen and oxygen atoms in total. The smallest absolute Gasteiger partial charge is 0.410 e. The Bertz CT molecular complexity index is 672. The van der Waals surface area contributed by atoms with E-state index in [2.05, 4.69) is 10.4 Å². The largest absolute Gasteiger partial charge is 0.441 e. The molecule has 0 unspecified atom stereocenters. The van der Waals surface area contributed by atoms with Gasteiger partial charge in [0.2, 0.25) is 0 Å². The van der Waals surface area contributed by atoms with E-state index >= 15 is 0 Å². The van der Waals surface area contributed by atoms with Gasteiger partial charge in [-0.2, -0.15) is 5.10 Å². The second-order valence-electron chi connectivity index (χ2n) is 8.11. The van der Waals surface area contributed by atoms with Crippen LogP contribution in [0.2, 0.25) is 0 Å². The Labute approximate surface area is 153 Å². The molecule has 8 heteroatoms. The highest BCUT2D eigenvalue weighted by Crippen LogP contribution is 2.46. The van der Waals surface area contributed by atoms with Gasteiger partial charge < -0.3 is 19.9 Å². The summed E-state index contributed by atoms with van der Waals surface area (Å²) in [6.07, 6.45) is 8.12. The minimum absolute atomic E-state index is 0.00790. The molecular weight excluding hydrogens is 334 g/mol. The van der Waals surface area contributed by atoms with Crippen molar-refractivity contribution >= 4 is 12.1 Å². The van der Waals surface area contributed by atoms with E-state index < -0.39 is 5.60 Å². The van der Waals surface area contributed by atoms with Crippen LogP contribution in [0.4, 0.5) is 9.59 Å². The molecule has 3 heterocycles. The number of likely N-dealkylation sites (tertiary alicyclic amines) is 1. The molecule has 1 atom stereocenters. The molecule has 3 aliphatic rings. The Morgan fingerprint density at radius 1 is 1.31 bits per heavy atom. The zero-order valence-corrected chi connectivity index (χ0v) is 15.3. The molecule has 26 heavy (non-hydrogen) atoms. The van der Waals surface area contributed by atoms with Crippen molar-refractivity contribution in [2.75, 3.05) is 33.2 Å². The molecule has 1 N–H and O–H groups in total. The van der Waals surface area contributed by atoms with Gasteiger partial charge in [0.05, 0.1) is 6.54 Å². The summed E-state index contributed by atoms with van der Waals surface area (Å²) in [7, 11) is 1.77. The predicted molar refractivity (Wildman–Crippen MR) is 94.6 cm³/mol. The fourth-order valence-corrected chi connectivity index (χ4v) is 4.10. The number of urea groups is 1. The van der Waals surface area contributed by atoms with Crippen molar-refractivity contribution < 1.29 is 14.3 Å². The predicted octanol–water partition coefficient (Wildman–Crippen LogP) is 1.68. The van der Waals surface area contributed by atoms with Gasteiger partial charge in [0.15, 0.2) is 0 Å². The van der Waals surface area contributed by atoms with E-state index in [0.717, 1.165) is 32.2 Å². The number of carbonyl (C=O) groups is 2. The van der Waals surface area contributed by atoms with E-state index in [1.807, 2.05) is 21.8 Å². The number of hydrogen-bond acceptors (Lipinski definition) is 4. The molecule has 3 fully saturated rings. The first-order valence-electron chi connectivity index (χ1n) is 9.44. The standard InChI is InChI=1S/C18H27N5O3/c1-21-14-18(26-16(21)25)4-2-9-22(11-7-18)15(24)19-12-17(5-6-17)13-23-10-3-8-20-23/h3,8,10H,2,4-7,9,11-14H2,1H3,(H,19,24)/t18-/m0/s1. The van der Waals surface area contributed by atoms with Crippen molar-refractivity contribution in [2.45, 2.75) is 44.2 Å². The Morgan fingerprint density at radius 2 is 2.15 bits per heavy atom. The number of likely N-dealkylation sites (N-methyl/N-ethyl adjacent to an activating group) is 1. The minimum atomic E-state index is -0.418. The lowest BCUT2D eigenvalue weighted by atomic mass is 9.95. The van der Waals surface area contributed by atoms with Gasteiger partial charge in [-0.3, -0.25) is 4.68 Å². The van der Waals surface area contributed by atoms with Gasteiger partial charge in [-0.25, -0.2) is 9.59 Å². The molecule has 0 radical (unpaired) electrons. The van der Waals surface area contributed by atoms with Crippen LogP contribution in [0.25, 0.3) is 0 Å². The fraction of sp³-hybridized carbons (Fsp3) is 0.722. The SMILES string of the molecule is CN1C[C@@]2(CCCN(C(=O)NCC3(Cn4cccn4)CC3)CC2)OC1=O. The third kappa shape index (κ3) is 3.50. The monoisotopic (exact) mass is 361 g/mol. The molecule has 1 spiro atoms. The van der Waals surface area contributed by atoms with Crippen LogP contribution in [0.5, 0.6) is 0 Å². The van der Waals surface area contributed by atoms with E-state index in [9.17, 15) is 9.59 Å². The molecule has 1 aliphatic carbocycles. The second kappa shape index (κ2) is 6.48. The molecule has 1 aromatic rings. The van der Waals surface area contributed by atoms with Crippen LogP contribution in [-0.2, 0) is 11.3 Å². The zero-order chi connectivity index (χ0) is 18.2. The number of nitrogens with zero attached hydrogens (tertiary/aromatic N) is 4. The number of nitrogens with one attached hydrogen (secondary N) is 1. The second-order valence-corrected chi connectivity index (χ2v) is 8.11. The van der Waals surface area contributed by atoms with Crippen LogP contribution in [0.15, 0.2) is 18.5 Å². The van der Waals surface area contributed by atoms with E-state index in [-0.39, 0.29) is 17.5 Å². The molecule has 0 aromatic carbocycles. The molecule has 142 valence electrons. The summed E-state index contributed by atoms with van der Waals surface area (Å²) in [5.41, 5.74) is -0.267. The van der Waals surface area contributed by atoms with Crippen molar-refractivity contribution in [3.63, 3.8) is 0 Å². The van der Waals surface area contributed by atoms with Crippen LogP contribution < -0.4 is 5.32 Å². The summed E-state index contributed by atoms with van der Waals surface area (Å²) in [6.45, 7) is 3.49. The lowest BCUT2D eigenvalue weighted by Crippen LogP contribution is -2.44. The first-order chi connectivity index (χ1) is 12.5. The Morgan fingerprint density at radius 3 is 2.81 bits per heavy atom. The van der Waals surface area contributed by atoms with Crippen molar-refractivity contribution in [3.8, 4) is 0 Å². The maximum Gasteiger partial charge on any atom is 0.410 e.